The Hall–Kier alpha value is -0.780. The number of hydrogen-bond donors (Lipinski definition) is 1. The van der Waals surface area contributed by atoms with Crippen LogP contribution in [0.3, 0.4) is 0 Å². The lowest BCUT2D eigenvalue weighted by molar-refractivity contribution is -0.137. The van der Waals surface area contributed by atoms with Gasteiger partial charge in [-0.3, -0.25) is 5.32 Å². The van der Waals surface area contributed by atoms with E-state index in [4.69, 9.17) is 4.74 Å². The minimum Gasteiger partial charge on any atom is -0.362 e. The monoisotopic (exact) mass is 267 g/mol. The van der Waals surface area contributed by atoms with E-state index in [-0.39, 0.29) is 18.6 Å². The van der Waals surface area contributed by atoms with Gasteiger partial charge in [-0.25, -0.2) is 0 Å². The highest BCUT2D eigenvalue weighted by molar-refractivity contribution is 5.85. The predicted octanol–water partition coefficient (Wildman–Crippen LogP) is 2.62. The van der Waals surface area contributed by atoms with Crippen LogP contribution in [0.4, 0.5) is 13.2 Å². The van der Waals surface area contributed by atoms with Crippen molar-refractivity contribution in [2.24, 2.45) is 0 Å². The Labute approximate surface area is 104 Å². The van der Waals surface area contributed by atoms with Crippen molar-refractivity contribution in [2.45, 2.75) is 18.8 Å². The van der Waals surface area contributed by atoms with Crippen LogP contribution < -0.4 is 5.32 Å². The Morgan fingerprint density at radius 1 is 1.24 bits per heavy atom. The average Bonchev–Trinajstić information content (AvgIpc) is 2.70. The maximum Gasteiger partial charge on any atom is 0.416 e. The summed E-state index contributed by atoms with van der Waals surface area (Å²) >= 11 is 0. The maximum atomic E-state index is 12.3. The predicted molar refractivity (Wildman–Crippen MR) is 60.1 cm³/mol. The van der Waals surface area contributed by atoms with Crippen LogP contribution in [0, 0.1) is 0 Å². The number of alkyl halides is 3. The Kier molecular flexibility index (Phi) is 4.80. The summed E-state index contributed by atoms with van der Waals surface area (Å²) in [5, 5.41) is 3.11. The number of hydrogen-bond acceptors (Lipinski definition) is 2. The summed E-state index contributed by atoms with van der Waals surface area (Å²) in [5.41, 5.74) is 0.226. The van der Waals surface area contributed by atoms with Gasteiger partial charge in [-0.2, -0.15) is 13.2 Å². The molecular weight excluding hydrogens is 255 g/mol. The smallest absolute Gasteiger partial charge is 0.362 e. The molecule has 0 spiro atoms. The molecule has 17 heavy (non-hydrogen) atoms. The van der Waals surface area contributed by atoms with Crippen molar-refractivity contribution in [2.75, 3.05) is 13.2 Å². The van der Waals surface area contributed by atoms with E-state index in [1.54, 1.807) is 0 Å². The molecule has 1 saturated heterocycles. The first-order chi connectivity index (χ1) is 7.55. The Morgan fingerprint density at radius 2 is 1.88 bits per heavy atom. The summed E-state index contributed by atoms with van der Waals surface area (Å²) in [7, 11) is 0. The summed E-state index contributed by atoms with van der Waals surface area (Å²) in [6.45, 7) is 1.45. The van der Waals surface area contributed by atoms with Gasteiger partial charge >= 0.3 is 6.18 Å². The third-order valence-corrected chi connectivity index (χ3v) is 2.50. The molecule has 0 aromatic heterocycles. The van der Waals surface area contributed by atoms with E-state index < -0.39 is 11.7 Å². The first kappa shape index (κ1) is 14.3. The summed E-state index contributed by atoms with van der Waals surface area (Å²) < 4.78 is 42.2. The highest BCUT2D eigenvalue weighted by Crippen LogP contribution is 2.29. The molecule has 1 unspecified atom stereocenters. The van der Waals surface area contributed by atoms with E-state index >= 15 is 0 Å². The average molecular weight is 268 g/mol. The molecule has 1 atom stereocenters. The standard InChI is InChI=1S/C11H12F3NO.ClH/c12-11(13,14)9-3-1-8(2-4-9)7-10-15-5-6-16-10;/h1-4,10,15H,5-7H2;1H. The van der Waals surface area contributed by atoms with Crippen molar-refractivity contribution in [3.8, 4) is 0 Å². The molecule has 0 amide bonds. The highest BCUT2D eigenvalue weighted by atomic mass is 35.5. The van der Waals surface area contributed by atoms with Crippen molar-refractivity contribution in [3.05, 3.63) is 35.4 Å². The first-order valence-electron chi connectivity index (χ1n) is 5.07. The lowest BCUT2D eigenvalue weighted by atomic mass is 10.1. The number of benzene rings is 1. The molecule has 1 N–H and O–H groups in total. The van der Waals surface area contributed by atoms with Crippen LogP contribution >= 0.6 is 12.4 Å². The second-order valence-electron chi connectivity index (χ2n) is 3.71. The van der Waals surface area contributed by atoms with E-state index in [0.29, 0.717) is 13.0 Å². The van der Waals surface area contributed by atoms with Crippen molar-refractivity contribution >= 4 is 12.4 Å². The number of rotatable bonds is 2. The quantitative estimate of drug-likeness (QED) is 0.889. The number of halogens is 4. The third-order valence-electron chi connectivity index (χ3n) is 2.50. The summed E-state index contributed by atoms with van der Waals surface area (Å²) in [6.07, 6.45) is -3.74. The zero-order valence-corrected chi connectivity index (χ0v) is 9.77. The van der Waals surface area contributed by atoms with E-state index in [0.717, 1.165) is 24.2 Å². The minimum atomic E-state index is -4.26. The lowest BCUT2D eigenvalue weighted by Crippen LogP contribution is -2.24. The SMILES string of the molecule is Cl.FC(F)(F)c1ccc(CC2NCCO2)cc1. The molecule has 0 bridgehead atoms. The zero-order chi connectivity index (χ0) is 11.6. The van der Waals surface area contributed by atoms with Gasteiger partial charge < -0.3 is 4.74 Å². The summed E-state index contributed by atoms with van der Waals surface area (Å²) in [4.78, 5) is 0. The molecule has 2 rings (SSSR count). The van der Waals surface area contributed by atoms with Crippen LogP contribution in [0.25, 0.3) is 0 Å². The van der Waals surface area contributed by atoms with Crippen LogP contribution in [-0.2, 0) is 17.3 Å². The fourth-order valence-electron chi connectivity index (χ4n) is 1.66. The van der Waals surface area contributed by atoms with Gasteiger partial charge in [0.25, 0.3) is 0 Å². The van der Waals surface area contributed by atoms with Crippen LogP contribution in [-0.4, -0.2) is 19.4 Å². The Morgan fingerprint density at radius 3 is 2.35 bits per heavy atom. The van der Waals surface area contributed by atoms with Crippen molar-refractivity contribution in [3.63, 3.8) is 0 Å². The van der Waals surface area contributed by atoms with Crippen molar-refractivity contribution < 1.29 is 17.9 Å². The highest BCUT2D eigenvalue weighted by Gasteiger charge is 2.30. The second kappa shape index (κ2) is 5.71. The summed E-state index contributed by atoms with van der Waals surface area (Å²) in [5.74, 6) is 0. The van der Waals surface area contributed by atoms with Crippen LogP contribution in [0.5, 0.6) is 0 Å². The molecule has 0 saturated carbocycles. The Balaban J connectivity index is 0.00000144. The maximum absolute atomic E-state index is 12.3. The van der Waals surface area contributed by atoms with Gasteiger partial charge in [0, 0.05) is 13.0 Å². The Bertz CT molecular complexity index is 347. The molecule has 2 nitrogen and oxygen atoms in total. The normalized spacial score (nSPS) is 20.1. The van der Waals surface area contributed by atoms with Gasteiger partial charge in [0.05, 0.1) is 12.2 Å². The van der Waals surface area contributed by atoms with Crippen LogP contribution in [0.1, 0.15) is 11.1 Å². The topological polar surface area (TPSA) is 21.3 Å². The lowest BCUT2D eigenvalue weighted by Gasteiger charge is -2.11. The number of ether oxygens (including phenoxy) is 1. The van der Waals surface area contributed by atoms with Crippen molar-refractivity contribution in [1.29, 1.82) is 0 Å². The van der Waals surface area contributed by atoms with Crippen LogP contribution in [0.15, 0.2) is 24.3 Å². The molecule has 0 aliphatic carbocycles. The largest absolute Gasteiger partial charge is 0.416 e. The summed E-state index contributed by atoms with van der Waals surface area (Å²) in [6, 6.07) is 5.19. The first-order valence-corrected chi connectivity index (χ1v) is 5.07. The second-order valence-corrected chi connectivity index (χ2v) is 3.71. The number of nitrogens with one attached hydrogen (secondary N) is 1. The van der Waals surface area contributed by atoms with Gasteiger partial charge in [0.2, 0.25) is 0 Å². The minimum absolute atomic E-state index is 0. The van der Waals surface area contributed by atoms with Gasteiger partial charge in [-0.1, -0.05) is 12.1 Å². The molecular formula is C11H13ClF3NO. The van der Waals surface area contributed by atoms with E-state index in [2.05, 4.69) is 5.32 Å². The van der Waals surface area contributed by atoms with E-state index in [1.807, 2.05) is 0 Å². The fourth-order valence-corrected chi connectivity index (χ4v) is 1.66. The molecule has 1 fully saturated rings. The van der Waals surface area contributed by atoms with E-state index in [9.17, 15) is 13.2 Å². The third kappa shape index (κ3) is 3.87. The van der Waals surface area contributed by atoms with Gasteiger partial charge in [0.1, 0.15) is 6.23 Å². The van der Waals surface area contributed by atoms with Crippen molar-refractivity contribution in [1.82, 2.24) is 5.32 Å². The molecule has 96 valence electrons. The molecule has 6 heteroatoms. The zero-order valence-electron chi connectivity index (χ0n) is 8.96. The molecule has 1 aromatic rings. The van der Waals surface area contributed by atoms with Gasteiger partial charge in [-0.15, -0.1) is 12.4 Å². The molecule has 1 aromatic carbocycles. The van der Waals surface area contributed by atoms with E-state index in [1.165, 1.54) is 12.1 Å². The van der Waals surface area contributed by atoms with Gasteiger partial charge in [0.15, 0.2) is 0 Å². The molecule has 1 aliphatic rings. The molecule has 1 aliphatic heterocycles. The molecule has 0 radical (unpaired) electrons. The van der Waals surface area contributed by atoms with Crippen LogP contribution in [0.2, 0.25) is 0 Å². The fraction of sp³-hybridized carbons (Fsp3) is 0.455. The van der Waals surface area contributed by atoms with Gasteiger partial charge in [-0.05, 0) is 17.7 Å². The molecule has 1 heterocycles.